The lowest BCUT2D eigenvalue weighted by molar-refractivity contribution is -0.132. The van der Waals surface area contributed by atoms with Gasteiger partial charge in [-0.1, -0.05) is 28.9 Å². The molecule has 0 spiro atoms. The molecule has 4 nitrogen and oxygen atoms in total. The minimum Gasteiger partial charge on any atom is -0.390 e. The molecule has 1 aromatic carbocycles. The highest BCUT2D eigenvalue weighted by Gasteiger charge is 2.34. The fourth-order valence-corrected chi connectivity index (χ4v) is 2.50. The molecule has 0 bridgehead atoms. The zero-order valence-electron chi connectivity index (χ0n) is 11.4. The van der Waals surface area contributed by atoms with Crippen LogP contribution in [-0.2, 0) is 9.63 Å². The number of hydrogen-bond donors (Lipinski definition) is 0. The minimum atomic E-state index is -0.0478. The lowest BCUT2D eigenvalue weighted by Crippen LogP contribution is -2.35. The van der Waals surface area contributed by atoms with Crippen molar-refractivity contribution in [2.24, 2.45) is 11.1 Å². The summed E-state index contributed by atoms with van der Waals surface area (Å²) in [7, 11) is 1.84. The number of oxime groups is 1. The number of carbonyl (C=O) groups is 1. The summed E-state index contributed by atoms with van der Waals surface area (Å²) in [5.41, 5.74) is 1.94. The van der Waals surface area contributed by atoms with E-state index in [9.17, 15) is 4.79 Å². The molecule has 20 heavy (non-hydrogen) atoms. The Hall–Kier alpha value is -1.55. The monoisotopic (exact) mass is 292 g/mol. The Balaban J connectivity index is 1.55. The largest absolute Gasteiger partial charge is 0.390 e. The molecule has 0 radical (unpaired) electrons. The zero-order valence-corrected chi connectivity index (χ0v) is 12.1. The van der Waals surface area contributed by atoms with Crippen LogP contribution in [0.2, 0.25) is 5.02 Å². The van der Waals surface area contributed by atoms with E-state index in [-0.39, 0.29) is 17.9 Å². The van der Waals surface area contributed by atoms with Crippen LogP contribution in [-0.4, -0.2) is 36.2 Å². The molecule has 0 saturated heterocycles. The van der Waals surface area contributed by atoms with Gasteiger partial charge >= 0.3 is 0 Å². The van der Waals surface area contributed by atoms with Gasteiger partial charge in [-0.25, -0.2) is 0 Å². The first-order chi connectivity index (χ1) is 9.63. The Labute approximate surface area is 123 Å². The number of hydrogen-bond acceptors (Lipinski definition) is 3. The molecule has 1 aliphatic heterocycles. The third kappa shape index (κ3) is 2.96. The molecular weight excluding hydrogens is 276 g/mol. The van der Waals surface area contributed by atoms with Crippen molar-refractivity contribution in [3.63, 3.8) is 0 Å². The van der Waals surface area contributed by atoms with E-state index >= 15 is 0 Å². The van der Waals surface area contributed by atoms with E-state index in [0.29, 0.717) is 11.6 Å². The van der Waals surface area contributed by atoms with E-state index in [4.69, 9.17) is 16.4 Å². The van der Waals surface area contributed by atoms with Gasteiger partial charge in [0, 0.05) is 24.4 Å². The molecule has 1 aromatic rings. The van der Waals surface area contributed by atoms with Gasteiger partial charge in [-0.05, 0) is 30.5 Å². The van der Waals surface area contributed by atoms with Gasteiger partial charge in [-0.3, -0.25) is 4.79 Å². The maximum absolute atomic E-state index is 11.9. The summed E-state index contributed by atoms with van der Waals surface area (Å²) in [6, 6.07) is 7.56. The summed E-state index contributed by atoms with van der Waals surface area (Å²) < 4.78 is 0. The molecule has 1 fully saturated rings. The normalized spacial score (nSPS) is 21.3. The van der Waals surface area contributed by atoms with Crippen LogP contribution in [0.3, 0.4) is 0 Å². The van der Waals surface area contributed by atoms with Gasteiger partial charge in [0.2, 0.25) is 5.91 Å². The molecule has 5 heteroatoms. The predicted molar refractivity (Wildman–Crippen MR) is 77.8 cm³/mol. The van der Waals surface area contributed by atoms with E-state index in [1.165, 1.54) is 0 Å². The molecular formula is C15H17ClN2O2. The van der Waals surface area contributed by atoms with Crippen molar-refractivity contribution in [2.75, 3.05) is 13.6 Å². The lowest BCUT2D eigenvalue weighted by atomic mass is 10.0. The van der Waals surface area contributed by atoms with Crippen LogP contribution >= 0.6 is 11.6 Å². The van der Waals surface area contributed by atoms with Crippen LogP contribution in [0.1, 0.15) is 24.8 Å². The van der Waals surface area contributed by atoms with E-state index in [2.05, 4.69) is 5.16 Å². The highest BCUT2D eigenvalue weighted by molar-refractivity contribution is 6.30. The Morgan fingerprint density at radius 2 is 2.10 bits per heavy atom. The quantitative estimate of drug-likeness (QED) is 0.856. The molecule has 0 aromatic heterocycles. The average Bonchev–Trinajstić information content (AvgIpc) is 3.19. The second-order valence-corrected chi connectivity index (χ2v) is 5.91. The zero-order chi connectivity index (χ0) is 14.1. The van der Waals surface area contributed by atoms with Gasteiger partial charge in [0.1, 0.15) is 0 Å². The summed E-state index contributed by atoms with van der Waals surface area (Å²) in [4.78, 5) is 19.1. The SMILES string of the molecule is CN(CC1CC(c2ccc(Cl)cc2)=NO1)C(=O)C1CC1. The number of amides is 1. The van der Waals surface area contributed by atoms with Crippen molar-refractivity contribution in [1.29, 1.82) is 0 Å². The lowest BCUT2D eigenvalue weighted by Gasteiger charge is -2.19. The Bertz CT molecular complexity index is 537. The number of likely N-dealkylation sites (N-methyl/N-ethyl adjacent to an activating group) is 1. The number of carbonyl (C=O) groups excluding carboxylic acids is 1. The number of halogens is 1. The number of benzene rings is 1. The van der Waals surface area contributed by atoms with Crippen LogP contribution in [0, 0.1) is 5.92 Å². The predicted octanol–water partition coefficient (Wildman–Crippen LogP) is 2.70. The Morgan fingerprint density at radius 3 is 2.75 bits per heavy atom. The summed E-state index contributed by atoms with van der Waals surface area (Å²) in [6.07, 6.45) is 2.74. The summed E-state index contributed by atoms with van der Waals surface area (Å²) in [5, 5.41) is 4.83. The Kier molecular flexibility index (Phi) is 3.66. The fraction of sp³-hybridized carbons (Fsp3) is 0.467. The summed E-state index contributed by atoms with van der Waals surface area (Å²) in [5.74, 6) is 0.478. The van der Waals surface area contributed by atoms with Crippen molar-refractivity contribution in [3.05, 3.63) is 34.9 Å². The van der Waals surface area contributed by atoms with Crippen molar-refractivity contribution >= 4 is 23.2 Å². The Morgan fingerprint density at radius 1 is 1.40 bits per heavy atom. The van der Waals surface area contributed by atoms with Gasteiger partial charge in [0.15, 0.2) is 6.10 Å². The summed E-state index contributed by atoms with van der Waals surface area (Å²) >= 11 is 5.87. The fourth-order valence-electron chi connectivity index (χ4n) is 2.38. The van der Waals surface area contributed by atoms with Gasteiger partial charge in [-0.2, -0.15) is 0 Å². The maximum atomic E-state index is 11.9. The van der Waals surface area contributed by atoms with E-state index in [0.717, 1.165) is 30.5 Å². The molecule has 1 amide bonds. The van der Waals surface area contributed by atoms with Crippen molar-refractivity contribution < 1.29 is 9.63 Å². The van der Waals surface area contributed by atoms with E-state index in [1.54, 1.807) is 4.90 Å². The first kappa shape index (κ1) is 13.4. The molecule has 1 saturated carbocycles. The van der Waals surface area contributed by atoms with Crippen molar-refractivity contribution in [1.82, 2.24) is 4.90 Å². The molecule has 1 atom stereocenters. The third-order valence-corrected chi connectivity index (χ3v) is 3.94. The molecule has 1 aliphatic carbocycles. The molecule has 106 valence electrons. The van der Waals surface area contributed by atoms with Crippen LogP contribution in [0.15, 0.2) is 29.4 Å². The first-order valence-electron chi connectivity index (χ1n) is 6.87. The third-order valence-electron chi connectivity index (χ3n) is 3.69. The maximum Gasteiger partial charge on any atom is 0.225 e. The highest BCUT2D eigenvalue weighted by Crippen LogP contribution is 2.31. The van der Waals surface area contributed by atoms with Crippen LogP contribution in [0.5, 0.6) is 0 Å². The first-order valence-corrected chi connectivity index (χ1v) is 7.25. The van der Waals surface area contributed by atoms with Crippen molar-refractivity contribution in [3.8, 4) is 0 Å². The van der Waals surface area contributed by atoms with Gasteiger partial charge in [0.05, 0.1) is 12.3 Å². The number of nitrogens with zero attached hydrogens (tertiary/aromatic N) is 2. The average molecular weight is 293 g/mol. The van der Waals surface area contributed by atoms with Crippen LogP contribution in [0.4, 0.5) is 0 Å². The second kappa shape index (κ2) is 5.44. The molecule has 2 aliphatic rings. The van der Waals surface area contributed by atoms with E-state index in [1.807, 2.05) is 31.3 Å². The molecule has 3 rings (SSSR count). The summed E-state index contributed by atoms with van der Waals surface area (Å²) in [6.45, 7) is 0.593. The van der Waals surface area contributed by atoms with Gasteiger partial charge < -0.3 is 9.74 Å². The van der Waals surface area contributed by atoms with Gasteiger partial charge in [0.25, 0.3) is 0 Å². The van der Waals surface area contributed by atoms with Crippen LogP contribution in [0.25, 0.3) is 0 Å². The smallest absolute Gasteiger partial charge is 0.225 e. The van der Waals surface area contributed by atoms with E-state index < -0.39 is 0 Å². The molecule has 1 unspecified atom stereocenters. The minimum absolute atomic E-state index is 0.0478. The highest BCUT2D eigenvalue weighted by atomic mass is 35.5. The van der Waals surface area contributed by atoms with Gasteiger partial charge in [-0.15, -0.1) is 0 Å². The molecule has 1 heterocycles. The van der Waals surface area contributed by atoms with Crippen LogP contribution < -0.4 is 0 Å². The standard InChI is InChI=1S/C15H17ClN2O2/c1-18(15(19)11-2-3-11)9-13-8-14(17-20-13)10-4-6-12(16)7-5-10/h4-7,11,13H,2-3,8-9H2,1H3. The second-order valence-electron chi connectivity index (χ2n) is 5.47. The number of rotatable bonds is 4. The van der Waals surface area contributed by atoms with Crippen molar-refractivity contribution in [2.45, 2.75) is 25.4 Å². The molecule has 0 N–H and O–H groups in total. The topological polar surface area (TPSA) is 41.9 Å².